The van der Waals surface area contributed by atoms with Crippen LogP contribution < -0.4 is 4.72 Å². The average molecular weight is 289 g/mol. The molecule has 0 aliphatic heterocycles. The average Bonchev–Trinajstić information content (AvgIpc) is 2.26. The van der Waals surface area contributed by atoms with E-state index in [2.05, 4.69) is 4.72 Å². The van der Waals surface area contributed by atoms with E-state index in [0.29, 0.717) is 0 Å². The van der Waals surface area contributed by atoms with Gasteiger partial charge >= 0.3 is 0 Å². The zero-order chi connectivity index (χ0) is 14.0. The van der Waals surface area contributed by atoms with Crippen LogP contribution in [0.2, 0.25) is 5.02 Å². The second-order valence-electron chi connectivity index (χ2n) is 4.39. The van der Waals surface area contributed by atoms with E-state index in [4.69, 9.17) is 16.9 Å². The van der Waals surface area contributed by atoms with Gasteiger partial charge in [-0.05, 0) is 32.0 Å². The Hall–Kier alpha value is -1.13. The molecule has 0 heterocycles. The molecule has 98 valence electrons. The second-order valence-corrected chi connectivity index (χ2v) is 6.54. The Morgan fingerprint density at radius 2 is 2.11 bits per heavy atom. The van der Waals surface area contributed by atoms with E-state index in [-0.39, 0.29) is 22.0 Å². The van der Waals surface area contributed by atoms with Crippen molar-refractivity contribution in [2.24, 2.45) is 0 Å². The molecule has 0 spiro atoms. The van der Waals surface area contributed by atoms with E-state index in [1.807, 2.05) is 6.07 Å². The van der Waals surface area contributed by atoms with Crippen molar-refractivity contribution in [2.75, 3.05) is 6.54 Å². The van der Waals surface area contributed by atoms with Gasteiger partial charge in [0.2, 0.25) is 10.0 Å². The van der Waals surface area contributed by atoms with E-state index in [1.165, 1.54) is 32.0 Å². The zero-order valence-electron chi connectivity index (χ0n) is 9.94. The van der Waals surface area contributed by atoms with Crippen molar-refractivity contribution < 1.29 is 13.5 Å². The minimum absolute atomic E-state index is 0.0252. The molecule has 2 N–H and O–H groups in total. The molecule has 7 heteroatoms. The lowest BCUT2D eigenvalue weighted by atomic mass is 10.1. The van der Waals surface area contributed by atoms with Crippen LogP contribution in [0, 0.1) is 11.3 Å². The van der Waals surface area contributed by atoms with Gasteiger partial charge in [0.15, 0.2) is 0 Å². The van der Waals surface area contributed by atoms with Gasteiger partial charge in [-0.3, -0.25) is 0 Å². The van der Waals surface area contributed by atoms with Crippen LogP contribution in [0.3, 0.4) is 0 Å². The maximum atomic E-state index is 12.0. The second kappa shape index (κ2) is 5.24. The number of hydrogen-bond acceptors (Lipinski definition) is 4. The van der Waals surface area contributed by atoms with Crippen molar-refractivity contribution in [3.05, 3.63) is 28.8 Å². The number of benzene rings is 1. The zero-order valence-corrected chi connectivity index (χ0v) is 11.5. The largest absolute Gasteiger partial charge is 0.389 e. The van der Waals surface area contributed by atoms with Gasteiger partial charge in [0.1, 0.15) is 4.90 Å². The predicted molar refractivity (Wildman–Crippen MR) is 67.7 cm³/mol. The highest BCUT2D eigenvalue weighted by Gasteiger charge is 2.22. The first-order chi connectivity index (χ1) is 8.15. The Labute approximate surface area is 111 Å². The number of nitriles is 1. The quantitative estimate of drug-likeness (QED) is 0.873. The molecule has 5 nitrogen and oxygen atoms in total. The maximum absolute atomic E-state index is 12.0. The molecule has 0 fully saturated rings. The topological polar surface area (TPSA) is 90.2 Å². The molecule has 0 bridgehead atoms. The van der Waals surface area contributed by atoms with Gasteiger partial charge in [-0.1, -0.05) is 11.6 Å². The Balaban J connectivity index is 3.09. The summed E-state index contributed by atoms with van der Waals surface area (Å²) in [4.78, 5) is -0.174. The van der Waals surface area contributed by atoms with E-state index in [1.54, 1.807) is 0 Å². The van der Waals surface area contributed by atoms with Gasteiger partial charge in [-0.15, -0.1) is 0 Å². The van der Waals surface area contributed by atoms with Crippen LogP contribution in [0.15, 0.2) is 23.1 Å². The van der Waals surface area contributed by atoms with Crippen molar-refractivity contribution in [1.82, 2.24) is 4.72 Å². The minimum atomic E-state index is -3.85. The molecule has 0 atom stereocenters. The lowest BCUT2D eigenvalue weighted by molar-refractivity contribution is 0.0857. The predicted octanol–water partition coefficient (Wildman–Crippen LogP) is 1.26. The molecule has 0 amide bonds. The Bertz CT molecular complexity index is 585. The van der Waals surface area contributed by atoms with Crippen molar-refractivity contribution >= 4 is 21.6 Å². The van der Waals surface area contributed by atoms with Crippen molar-refractivity contribution in [3.63, 3.8) is 0 Å². The van der Waals surface area contributed by atoms with Gasteiger partial charge in [0, 0.05) is 6.54 Å². The summed E-state index contributed by atoms with van der Waals surface area (Å²) in [6, 6.07) is 5.80. The monoisotopic (exact) mass is 288 g/mol. The van der Waals surface area contributed by atoms with E-state index < -0.39 is 15.6 Å². The lowest BCUT2D eigenvalue weighted by Gasteiger charge is -2.18. The first-order valence-electron chi connectivity index (χ1n) is 5.07. The summed E-state index contributed by atoms with van der Waals surface area (Å²) in [5.74, 6) is 0. The van der Waals surface area contributed by atoms with Gasteiger partial charge in [-0.25, -0.2) is 13.1 Å². The molecule has 0 aromatic heterocycles. The number of sulfonamides is 1. The molecule has 0 aliphatic rings. The molecule has 0 unspecified atom stereocenters. The fourth-order valence-corrected chi connectivity index (χ4v) is 2.86. The number of hydrogen-bond donors (Lipinski definition) is 2. The summed E-state index contributed by atoms with van der Waals surface area (Å²) < 4.78 is 26.1. The molecular weight excluding hydrogens is 276 g/mol. The van der Waals surface area contributed by atoms with Gasteiger partial charge in [0.05, 0.1) is 22.3 Å². The van der Waals surface area contributed by atoms with E-state index in [0.717, 1.165) is 0 Å². The Kier molecular flexibility index (Phi) is 4.35. The maximum Gasteiger partial charge on any atom is 0.242 e. The minimum Gasteiger partial charge on any atom is -0.389 e. The smallest absolute Gasteiger partial charge is 0.242 e. The van der Waals surface area contributed by atoms with Gasteiger partial charge in [-0.2, -0.15) is 5.26 Å². The number of aliphatic hydroxyl groups is 1. The first kappa shape index (κ1) is 14.9. The van der Waals surface area contributed by atoms with Crippen LogP contribution in [0.4, 0.5) is 0 Å². The summed E-state index contributed by atoms with van der Waals surface area (Å²) in [5, 5.41) is 18.2. The number of nitrogens with one attached hydrogen (secondary N) is 1. The third-order valence-electron chi connectivity index (χ3n) is 2.04. The highest BCUT2D eigenvalue weighted by molar-refractivity contribution is 7.89. The van der Waals surface area contributed by atoms with E-state index in [9.17, 15) is 13.5 Å². The molecule has 0 aliphatic carbocycles. The third-order valence-corrected chi connectivity index (χ3v) is 3.93. The Morgan fingerprint density at radius 1 is 1.50 bits per heavy atom. The van der Waals surface area contributed by atoms with Crippen LogP contribution in [-0.4, -0.2) is 25.7 Å². The number of rotatable bonds is 4. The summed E-state index contributed by atoms with van der Waals surface area (Å²) >= 11 is 5.80. The highest BCUT2D eigenvalue weighted by atomic mass is 35.5. The van der Waals surface area contributed by atoms with Crippen molar-refractivity contribution in [2.45, 2.75) is 24.3 Å². The fourth-order valence-electron chi connectivity index (χ4n) is 1.13. The van der Waals surface area contributed by atoms with Crippen LogP contribution in [0.1, 0.15) is 19.4 Å². The standard InChI is InChI=1S/C11H13ClN2O3S/c1-11(2,15)7-14-18(16,17)10-5-8(6-13)3-4-9(10)12/h3-5,14-15H,7H2,1-2H3. The third kappa shape index (κ3) is 3.96. The molecule has 1 aromatic rings. The molecule has 18 heavy (non-hydrogen) atoms. The summed E-state index contributed by atoms with van der Waals surface area (Å²) in [7, 11) is -3.85. The molecular formula is C11H13ClN2O3S. The molecule has 0 radical (unpaired) electrons. The molecule has 0 saturated carbocycles. The van der Waals surface area contributed by atoms with Gasteiger partial charge < -0.3 is 5.11 Å². The van der Waals surface area contributed by atoms with Crippen LogP contribution in [-0.2, 0) is 10.0 Å². The number of nitrogens with zero attached hydrogens (tertiary/aromatic N) is 1. The molecule has 0 saturated heterocycles. The van der Waals surface area contributed by atoms with Crippen molar-refractivity contribution in [3.8, 4) is 6.07 Å². The fraction of sp³-hybridized carbons (Fsp3) is 0.364. The normalized spacial score (nSPS) is 12.2. The van der Waals surface area contributed by atoms with Crippen LogP contribution >= 0.6 is 11.6 Å². The molecule has 1 rings (SSSR count). The van der Waals surface area contributed by atoms with E-state index >= 15 is 0 Å². The first-order valence-corrected chi connectivity index (χ1v) is 6.93. The van der Waals surface area contributed by atoms with Gasteiger partial charge in [0.25, 0.3) is 0 Å². The number of halogens is 1. The summed E-state index contributed by atoms with van der Waals surface area (Å²) in [6.07, 6.45) is 0. The van der Waals surface area contributed by atoms with Crippen LogP contribution in [0.25, 0.3) is 0 Å². The SMILES string of the molecule is CC(C)(O)CNS(=O)(=O)c1cc(C#N)ccc1Cl. The summed E-state index contributed by atoms with van der Waals surface area (Å²) in [5.41, 5.74) is -0.977. The Morgan fingerprint density at radius 3 is 2.61 bits per heavy atom. The highest BCUT2D eigenvalue weighted by Crippen LogP contribution is 2.22. The van der Waals surface area contributed by atoms with Crippen molar-refractivity contribution in [1.29, 1.82) is 5.26 Å². The summed E-state index contributed by atoms with van der Waals surface area (Å²) in [6.45, 7) is 2.80. The lowest BCUT2D eigenvalue weighted by Crippen LogP contribution is -2.38. The van der Waals surface area contributed by atoms with Crippen LogP contribution in [0.5, 0.6) is 0 Å². The molecule has 1 aromatic carbocycles.